The van der Waals surface area contributed by atoms with E-state index in [1.165, 1.54) is 30.5 Å². The molecule has 0 radical (unpaired) electrons. The van der Waals surface area contributed by atoms with Gasteiger partial charge in [0.05, 0.1) is 16.1 Å². The molecule has 2 unspecified atom stereocenters. The van der Waals surface area contributed by atoms with Crippen LogP contribution in [0, 0.1) is 17.1 Å². The molecule has 0 saturated heterocycles. The van der Waals surface area contributed by atoms with E-state index in [1.807, 2.05) is 0 Å². The Morgan fingerprint density at radius 2 is 2.15 bits per heavy atom. The Hall–Kier alpha value is -1.70. The van der Waals surface area contributed by atoms with Gasteiger partial charge in [0.25, 0.3) is 0 Å². The number of nitrogens with zero attached hydrogens (tertiary/aromatic N) is 2. The van der Waals surface area contributed by atoms with Crippen molar-refractivity contribution >= 4 is 29.4 Å². The fourth-order valence-electron chi connectivity index (χ4n) is 1.94. The van der Waals surface area contributed by atoms with Gasteiger partial charge in [-0.05, 0) is 18.2 Å². The third-order valence-electron chi connectivity index (χ3n) is 2.85. The summed E-state index contributed by atoms with van der Waals surface area (Å²) in [5, 5.41) is 8.40. The molecule has 2 atom stereocenters. The average Bonchev–Trinajstić information content (AvgIpc) is 2.41. The monoisotopic (exact) mass is 312 g/mol. The van der Waals surface area contributed by atoms with Crippen molar-refractivity contribution in [1.29, 1.82) is 5.26 Å². The van der Waals surface area contributed by atoms with E-state index in [2.05, 4.69) is 4.99 Å². The molecule has 1 aromatic rings. The van der Waals surface area contributed by atoms with Crippen LogP contribution in [0.15, 0.2) is 46.5 Å². The molecular weight excluding hydrogens is 305 g/mol. The number of allylic oxidation sites excluding steroid dienone is 2. The molecule has 0 spiro atoms. The summed E-state index contributed by atoms with van der Waals surface area (Å²) in [6, 6.07) is 4.69. The summed E-state index contributed by atoms with van der Waals surface area (Å²) in [5.74, 6) is -0.871. The third-order valence-corrected chi connectivity index (χ3v) is 3.35. The number of nitriles is 1. The Labute approximate surface area is 124 Å². The van der Waals surface area contributed by atoms with Crippen molar-refractivity contribution in [2.24, 2.45) is 4.99 Å². The van der Waals surface area contributed by atoms with Crippen LogP contribution < -0.4 is 0 Å². The van der Waals surface area contributed by atoms with Gasteiger partial charge >= 0.3 is 0 Å². The van der Waals surface area contributed by atoms with Gasteiger partial charge in [0.1, 0.15) is 11.9 Å². The Balaban J connectivity index is 2.59. The van der Waals surface area contributed by atoms with Crippen LogP contribution in [0.2, 0.25) is 5.02 Å². The third kappa shape index (κ3) is 2.60. The zero-order chi connectivity index (χ0) is 14.8. The lowest BCUT2D eigenvalue weighted by Crippen LogP contribution is -2.34. The molecule has 2 rings (SSSR count). The number of hydrogen-bond donors (Lipinski definition) is 0. The summed E-state index contributed by atoms with van der Waals surface area (Å²) in [6.45, 7) is 0. The van der Waals surface area contributed by atoms with Crippen LogP contribution in [-0.4, -0.2) is 12.3 Å². The molecule has 102 valence electrons. The molecule has 20 heavy (non-hydrogen) atoms. The highest BCUT2D eigenvalue weighted by molar-refractivity contribution is 6.39. The van der Waals surface area contributed by atoms with Gasteiger partial charge in [-0.25, -0.2) is 8.78 Å². The molecule has 0 aliphatic carbocycles. The van der Waals surface area contributed by atoms with Crippen LogP contribution in [0.25, 0.3) is 0 Å². The Morgan fingerprint density at radius 1 is 1.40 bits per heavy atom. The van der Waals surface area contributed by atoms with Crippen molar-refractivity contribution in [3.8, 4) is 6.07 Å². The quantitative estimate of drug-likeness (QED) is 0.750. The molecule has 1 aliphatic rings. The van der Waals surface area contributed by atoms with Crippen molar-refractivity contribution in [3.05, 3.63) is 57.9 Å². The van der Waals surface area contributed by atoms with Crippen molar-refractivity contribution < 1.29 is 8.78 Å². The topological polar surface area (TPSA) is 36.1 Å². The molecule has 0 bridgehead atoms. The molecule has 1 aromatic carbocycles. The first-order valence-corrected chi connectivity index (χ1v) is 6.36. The minimum atomic E-state index is -2.30. The van der Waals surface area contributed by atoms with Gasteiger partial charge in [-0.2, -0.15) is 5.26 Å². The van der Waals surface area contributed by atoms with E-state index >= 15 is 4.39 Å². The molecule has 0 amide bonds. The minimum absolute atomic E-state index is 0.0495. The summed E-state index contributed by atoms with van der Waals surface area (Å²) in [7, 11) is 0. The highest BCUT2D eigenvalue weighted by atomic mass is 35.5. The second-order valence-corrected chi connectivity index (χ2v) is 4.95. The number of halogens is 4. The van der Waals surface area contributed by atoms with Crippen molar-refractivity contribution in [2.45, 2.75) is 11.7 Å². The van der Waals surface area contributed by atoms with E-state index in [0.29, 0.717) is 0 Å². The maximum absolute atomic E-state index is 15.2. The van der Waals surface area contributed by atoms with Gasteiger partial charge in [-0.15, -0.1) is 0 Å². The molecule has 0 aromatic heterocycles. The smallest absolute Gasteiger partial charge is 0.184 e. The van der Waals surface area contributed by atoms with Crippen LogP contribution in [0.3, 0.4) is 0 Å². The van der Waals surface area contributed by atoms with Gasteiger partial charge in [-0.1, -0.05) is 35.3 Å². The molecule has 1 heterocycles. The lowest BCUT2D eigenvalue weighted by molar-refractivity contribution is 0.203. The molecule has 0 N–H and O–H groups in total. The standard InChI is InChI=1S/C14H8Cl2F2N2/c15-9-7-14(18,12(20-8-9)5-2-6-19)10-3-1-4-11(16)13(10)17/h1-5,7-8,12H/b5-2-. The number of rotatable bonds is 2. The molecule has 2 nitrogen and oxygen atoms in total. The molecular formula is C14H8Cl2F2N2. The number of benzene rings is 1. The van der Waals surface area contributed by atoms with E-state index < -0.39 is 17.5 Å². The largest absolute Gasteiger partial charge is 0.280 e. The van der Waals surface area contributed by atoms with E-state index in [9.17, 15) is 4.39 Å². The first kappa shape index (κ1) is 14.7. The SMILES string of the molecule is N#C/C=C\C1N=CC(Cl)=CC1(F)c1cccc(Cl)c1F. The molecule has 1 aliphatic heterocycles. The van der Waals surface area contributed by atoms with Gasteiger partial charge in [0.15, 0.2) is 5.67 Å². The van der Waals surface area contributed by atoms with E-state index in [4.69, 9.17) is 28.5 Å². The fourth-order valence-corrected chi connectivity index (χ4v) is 2.33. The van der Waals surface area contributed by atoms with Gasteiger partial charge in [0, 0.05) is 17.9 Å². The fraction of sp³-hybridized carbons (Fsp3) is 0.143. The van der Waals surface area contributed by atoms with Crippen LogP contribution in [0.4, 0.5) is 8.78 Å². The lowest BCUT2D eigenvalue weighted by Gasteiger charge is -2.30. The van der Waals surface area contributed by atoms with Crippen molar-refractivity contribution in [1.82, 2.24) is 0 Å². The maximum Gasteiger partial charge on any atom is 0.184 e. The normalized spacial score (nSPS) is 25.6. The first-order valence-electron chi connectivity index (χ1n) is 5.60. The summed E-state index contributed by atoms with van der Waals surface area (Å²) >= 11 is 11.4. The van der Waals surface area contributed by atoms with Crippen LogP contribution in [-0.2, 0) is 5.67 Å². The lowest BCUT2D eigenvalue weighted by atomic mass is 9.86. The summed E-state index contributed by atoms with van der Waals surface area (Å²) in [6.07, 6.45) is 4.65. The van der Waals surface area contributed by atoms with Gasteiger partial charge in [-0.3, -0.25) is 4.99 Å². The second kappa shape index (κ2) is 5.74. The Kier molecular flexibility index (Phi) is 4.22. The van der Waals surface area contributed by atoms with Crippen molar-refractivity contribution in [2.75, 3.05) is 0 Å². The van der Waals surface area contributed by atoms with Crippen molar-refractivity contribution in [3.63, 3.8) is 0 Å². The predicted octanol–water partition coefficient (Wildman–Crippen LogP) is 4.30. The Bertz CT molecular complexity index is 662. The first-order chi connectivity index (χ1) is 9.49. The van der Waals surface area contributed by atoms with Crippen LogP contribution in [0.1, 0.15) is 5.56 Å². The molecule has 6 heteroatoms. The second-order valence-electron chi connectivity index (χ2n) is 4.11. The zero-order valence-corrected chi connectivity index (χ0v) is 11.5. The number of hydrogen-bond acceptors (Lipinski definition) is 2. The highest BCUT2D eigenvalue weighted by Gasteiger charge is 2.42. The van der Waals surface area contributed by atoms with E-state index in [1.54, 1.807) is 6.07 Å². The summed E-state index contributed by atoms with van der Waals surface area (Å²) in [4.78, 5) is 3.90. The van der Waals surface area contributed by atoms with E-state index in [0.717, 1.165) is 12.2 Å². The van der Waals surface area contributed by atoms with Gasteiger partial charge < -0.3 is 0 Å². The highest BCUT2D eigenvalue weighted by Crippen LogP contribution is 2.40. The zero-order valence-electron chi connectivity index (χ0n) is 10.0. The van der Waals surface area contributed by atoms with Crippen LogP contribution in [0.5, 0.6) is 0 Å². The minimum Gasteiger partial charge on any atom is -0.280 e. The summed E-state index contributed by atoms with van der Waals surface area (Å²) in [5.41, 5.74) is -2.57. The predicted molar refractivity (Wildman–Crippen MR) is 75.2 cm³/mol. The molecule has 0 fully saturated rings. The maximum atomic E-state index is 15.2. The number of aliphatic imine (C=N–C) groups is 1. The molecule has 0 saturated carbocycles. The van der Waals surface area contributed by atoms with E-state index in [-0.39, 0.29) is 15.6 Å². The number of alkyl halides is 1. The average molecular weight is 313 g/mol. The Morgan fingerprint density at radius 3 is 2.85 bits per heavy atom. The summed E-state index contributed by atoms with van der Waals surface area (Å²) < 4.78 is 29.3. The number of dihydropyridines is 1. The van der Waals surface area contributed by atoms with Gasteiger partial charge in [0.2, 0.25) is 0 Å². The van der Waals surface area contributed by atoms with Crippen LogP contribution >= 0.6 is 23.2 Å².